The number of thiophene rings is 2. The first-order valence-electron chi connectivity index (χ1n) is 18.7. The van der Waals surface area contributed by atoms with E-state index in [1.807, 2.05) is 22.7 Å². The zero-order valence-corrected chi connectivity index (χ0v) is 31.4. The lowest BCUT2D eigenvalue weighted by atomic mass is 9.97. The summed E-state index contributed by atoms with van der Waals surface area (Å²) in [5, 5.41) is 7.73. The lowest BCUT2D eigenvalue weighted by Crippen LogP contribution is -2.10. The van der Waals surface area contributed by atoms with Crippen LogP contribution < -0.4 is 4.90 Å². The molecule has 0 N–H and O–H groups in total. The zero-order chi connectivity index (χ0) is 36.3. The van der Waals surface area contributed by atoms with Gasteiger partial charge in [-0.1, -0.05) is 140 Å². The van der Waals surface area contributed by atoms with Gasteiger partial charge < -0.3 is 4.90 Å². The number of hydrogen-bond donors (Lipinski definition) is 0. The van der Waals surface area contributed by atoms with Gasteiger partial charge in [-0.05, 0) is 105 Å². The molecule has 11 aromatic rings. The molecule has 0 unspecified atom stereocenters. The van der Waals surface area contributed by atoms with Crippen molar-refractivity contribution in [2.45, 2.75) is 0 Å². The zero-order valence-electron chi connectivity index (χ0n) is 29.8. The van der Waals surface area contributed by atoms with Crippen molar-refractivity contribution in [1.29, 1.82) is 0 Å². The minimum atomic E-state index is 1.11. The van der Waals surface area contributed by atoms with E-state index in [9.17, 15) is 0 Å². The monoisotopic (exact) mass is 735 g/mol. The summed E-state index contributed by atoms with van der Waals surface area (Å²) in [5.41, 5.74) is 10.7. The van der Waals surface area contributed by atoms with Crippen molar-refractivity contribution in [3.05, 3.63) is 200 Å². The summed E-state index contributed by atoms with van der Waals surface area (Å²) < 4.78 is 5.27. The third-order valence-electron chi connectivity index (χ3n) is 10.8. The van der Waals surface area contributed by atoms with Crippen molar-refractivity contribution < 1.29 is 0 Å². The van der Waals surface area contributed by atoms with Gasteiger partial charge in [0.25, 0.3) is 0 Å². The van der Waals surface area contributed by atoms with Crippen LogP contribution in [0.5, 0.6) is 0 Å². The fraction of sp³-hybridized carbons (Fsp3) is 0. The molecule has 3 heteroatoms. The Balaban J connectivity index is 1.06. The molecule has 0 radical (unpaired) electrons. The van der Waals surface area contributed by atoms with Gasteiger partial charge in [-0.15, -0.1) is 22.7 Å². The van der Waals surface area contributed by atoms with Gasteiger partial charge in [-0.2, -0.15) is 0 Å². The first-order chi connectivity index (χ1) is 27.2. The molecule has 1 nitrogen and oxygen atoms in total. The minimum absolute atomic E-state index is 1.11. The minimum Gasteiger partial charge on any atom is -0.310 e. The van der Waals surface area contributed by atoms with E-state index in [0.717, 1.165) is 17.1 Å². The number of fused-ring (bicyclic) bond motifs is 7. The number of hydrogen-bond acceptors (Lipinski definition) is 3. The van der Waals surface area contributed by atoms with Crippen molar-refractivity contribution in [3.8, 4) is 33.4 Å². The van der Waals surface area contributed by atoms with Crippen LogP contribution in [0.25, 0.3) is 84.5 Å². The second kappa shape index (κ2) is 13.1. The van der Waals surface area contributed by atoms with Crippen LogP contribution in [0.4, 0.5) is 17.1 Å². The molecule has 9 aromatic carbocycles. The number of nitrogens with zero attached hydrogens (tertiary/aromatic N) is 1. The lowest BCUT2D eigenvalue weighted by Gasteiger charge is -2.27. The van der Waals surface area contributed by atoms with E-state index in [1.54, 1.807) is 0 Å². The van der Waals surface area contributed by atoms with Crippen LogP contribution in [-0.4, -0.2) is 0 Å². The average Bonchev–Trinajstić information content (AvgIpc) is 3.82. The summed E-state index contributed by atoms with van der Waals surface area (Å²) in [6, 6.07) is 73.5. The molecule has 0 saturated carbocycles. The summed E-state index contributed by atoms with van der Waals surface area (Å²) >= 11 is 3.74. The lowest BCUT2D eigenvalue weighted by molar-refractivity contribution is 1.29. The molecule has 0 bridgehead atoms. The molecule has 0 spiro atoms. The quantitative estimate of drug-likeness (QED) is 0.164. The molecule has 0 amide bonds. The molecule has 55 heavy (non-hydrogen) atoms. The molecule has 0 aliphatic carbocycles. The molecule has 2 aromatic heterocycles. The van der Waals surface area contributed by atoms with Crippen molar-refractivity contribution in [2.75, 3.05) is 4.90 Å². The van der Waals surface area contributed by atoms with Crippen LogP contribution >= 0.6 is 22.7 Å². The SMILES string of the molecule is c1cc(-c2cccc(N(c3cccc(-c4cccc5ccccc45)c3)c3ccc4sc5ccccc5c4c3)c2)cc(-c2cccc3c2sc2ccccc23)c1. The molecule has 0 aliphatic heterocycles. The van der Waals surface area contributed by atoms with E-state index in [2.05, 4.69) is 205 Å². The Morgan fingerprint density at radius 3 is 1.62 bits per heavy atom. The Morgan fingerprint density at radius 2 is 0.800 bits per heavy atom. The highest BCUT2D eigenvalue weighted by molar-refractivity contribution is 7.26. The Labute approximate surface area is 327 Å². The fourth-order valence-corrected chi connectivity index (χ4v) is 10.6. The van der Waals surface area contributed by atoms with Crippen molar-refractivity contribution in [3.63, 3.8) is 0 Å². The van der Waals surface area contributed by atoms with Gasteiger partial charge in [0.2, 0.25) is 0 Å². The largest absolute Gasteiger partial charge is 0.310 e. The summed E-state index contributed by atoms with van der Waals surface area (Å²) in [6.45, 7) is 0. The third-order valence-corrected chi connectivity index (χ3v) is 13.2. The molecule has 0 saturated heterocycles. The average molecular weight is 736 g/mol. The molecule has 258 valence electrons. The molecule has 0 atom stereocenters. The van der Waals surface area contributed by atoms with Crippen LogP contribution in [0.1, 0.15) is 0 Å². The van der Waals surface area contributed by atoms with Crippen molar-refractivity contribution >= 4 is 90.9 Å². The van der Waals surface area contributed by atoms with Gasteiger partial charge in [0.1, 0.15) is 0 Å². The summed E-state index contributed by atoms with van der Waals surface area (Å²) in [5.74, 6) is 0. The maximum absolute atomic E-state index is 2.42. The van der Waals surface area contributed by atoms with Gasteiger partial charge in [0.15, 0.2) is 0 Å². The summed E-state index contributed by atoms with van der Waals surface area (Å²) in [4.78, 5) is 2.42. The van der Waals surface area contributed by atoms with Gasteiger partial charge >= 0.3 is 0 Å². The predicted octanol–water partition coefficient (Wildman–Crippen LogP) is 16.0. The van der Waals surface area contributed by atoms with E-state index in [0.29, 0.717) is 0 Å². The van der Waals surface area contributed by atoms with Gasteiger partial charge in [-0.3, -0.25) is 0 Å². The second-order valence-electron chi connectivity index (χ2n) is 14.1. The highest BCUT2D eigenvalue weighted by Crippen LogP contribution is 2.44. The van der Waals surface area contributed by atoms with E-state index >= 15 is 0 Å². The van der Waals surface area contributed by atoms with Crippen LogP contribution in [0, 0.1) is 0 Å². The standard InChI is InChI=1S/C52H33NS2/c1-2-20-42-34(12-1)13-10-23-43(42)38-17-9-19-40(32-38)53(41-28-29-51-48(33-41)46-22-4-5-26-49(46)54-51)39-18-8-15-36(31-39)35-14-7-16-37(30-35)44-24-11-25-47-45-21-3-6-27-50(45)55-52(44)47/h1-33H. The smallest absolute Gasteiger partial charge is 0.0468 e. The van der Waals surface area contributed by atoms with E-state index in [-0.39, 0.29) is 0 Å². The Kier molecular flexibility index (Phi) is 7.61. The molecule has 0 fully saturated rings. The highest BCUT2D eigenvalue weighted by atomic mass is 32.1. The number of benzene rings is 9. The second-order valence-corrected chi connectivity index (χ2v) is 16.2. The Bertz CT molecular complexity index is 3230. The summed E-state index contributed by atoms with van der Waals surface area (Å²) in [7, 11) is 0. The van der Waals surface area contributed by atoms with Gasteiger partial charge in [0, 0.05) is 57.4 Å². The fourth-order valence-electron chi connectivity index (χ4n) is 8.26. The molecular formula is C52H33NS2. The van der Waals surface area contributed by atoms with Crippen LogP contribution in [0.15, 0.2) is 200 Å². The number of anilines is 3. The van der Waals surface area contributed by atoms with E-state index in [1.165, 1.54) is 84.5 Å². The Hall–Kier alpha value is -6.52. The third kappa shape index (κ3) is 5.51. The van der Waals surface area contributed by atoms with E-state index < -0.39 is 0 Å². The molecule has 2 heterocycles. The highest BCUT2D eigenvalue weighted by Gasteiger charge is 2.18. The molecule has 0 aliphatic rings. The van der Waals surface area contributed by atoms with Crippen LogP contribution in [0.3, 0.4) is 0 Å². The molecular weight excluding hydrogens is 703 g/mol. The topological polar surface area (TPSA) is 3.24 Å². The van der Waals surface area contributed by atoms with Crippen molar-refractivity contribution in [2.24, 2.45) is 0 Å². The predicted molar refractivity (Wildman–Crippen MR) is 241 cm³/mol. The maximum atomic E-state index is 2.42. The maximum Gasteiger partial charge on any atom is 0.0468 e. The first-order valence-corrected chi connectivity index (χ1v) is 20.3. The van der Waals surface area contributed by atoms with Crippen LogP contribution in [0.2, 0.25) is 0 Å². The van der Waals surface area contributed by atoms with E-state index in [4.69, 9.17) is 0 Å². The normalized spacial score (nSPS) is 11.6. The van der Waals surface area contributed by atoms with Gasteiger partial charge in [0.05, 0.1) is 0 Å². The summed E-state index contributed by atoms with van der Waals surface area (Å²) in [6.07, 6.45) is 0. The van der Waals surface area contributed by atoms with Crippen LogP contribution in [-0.2, 0) is 0 Å². The molecule has 11 rings (SSSR count). The Morgan fingerprint density at radius 1 is 0.291 bits per heavy atom. The first kappa shape index (κ1) is 32.0. The number of rotatable bonds is 6. The van der Waals surface area contributed by atoms with Gasteiger partial charge in [-0.25, -0.2) is 0 Å². The van der Waals surface area contributed by atoms with Crippen molar-refractivity contribution in [1.82, 2.24) is 0 Å².